The Morgan fingerprint density at radius 3 is 2.29 bits per heavy atom. The van der Waals surface area contributed by atoms with E-state index in [0.717, 1.165) is 22.5 Å². The first-order valence-electron chi connectivity index (χ1n) is 10.4. The minimum absolute atomic E-state index is 0.210. The molecule has 1 aliphatic heterocycles. The molecule has 0 aliphatic carbocycles. The lowest BCUT2D eigenvalue weighted by Gasteiger charge is -2.31. The van der Waals surface area contributed by atoms with Crippen LogP contribution in [-0.2, 0) is 14.8 Å². The summed E-state index contributed by atoms with van der Waals surface area (Å²) in [6.45, 7) is 6.59. The van der Waals surface area contributed by atoms with Crippen molar-refractivity contribution < 1.29 is 22.7 Å². The molecule has 1 amide bonds. The molecule has 0 spiro atoms. The fourth-order valence-electron chi connectivity index (χ4n) is 3.71. The largest absolute Gasteiger partial charge is 0.486 e. The third-order valence-corrected chi connectivity index (χ3v) is 6.34. The van der Waals surface area contributed by atoms with E-state index in [1.54, 1.807) is 25.1 Å². The van der Waals surface area contributed by atoms with Gasteiger partial charge in [0.05, 0.1) is 18.0 Å². The summed E-state index contributed by atoms with van der Waals surface area (Å²) < 4.78 is 37.5. The molecule has 1 N–H and O–H groups in total. The first kappa shape index (κ1) is 22.9. The van der Waals surface area contributed by atoms with Crippen molar-refractivity contribution in [3.05, 3.63) is 54.1 Å². The molecular formula is C23H30N2O5S. The third kappa shape index (κ3) is 5.70. The summed E-state index contributed by atoms with van der Waals surface area (Å²) in [5.74, 6) is 1.01. The highest BCUT2D eigenvalue weighted by atomic mass is 32.2. The number of amides is 1. The number of fused-ring (bicyclic) bond motifs is 1. The molecule has 2 atom stereocenters. The number of nitrogens with one attached hydrogen (secondary N) is 1. The first-order valence-corrected chi connectivity index (χ1v) is 12.3. The van der Waals surface area contributed by atoms with Crippen molar-refractivity contribution in [1.82, 2.24) is 5.32 Å². The monoisotopic (exact) mass is 446 g/mol. The minimum Gasteiger partial charge on any atom is -0.486 e. The van der Waals surface area contributed by atoms with E-state index in [1.807, 2.05) is 30.3 Å². The van der Waals surface area contributed by atoms with Crippen LogP contribution >= 0.6 is 0 Å². The highest BCUT2D eigenvalue weighted by molar-refractivity contribution is 7.92. The topological polar surface area (TPSA) is 84.9 Å². The van der Waals surface area contributed by atoms with E-state index in [1.165, 1.54) is 0 Å². The molecule has 0 fully saturated rings. The summed E-state index contributed by atoms with van der Waals surface area (Å²) in [5, 5.41) is 3.05. The van der Waals surface area contributed by atoms with E-state index in [0.29, 0.717) is 36.3 Å². The van der Waals surface area contributed by atoms with E-state index >= 15 is 0 Å². The number of hydrogen-bond donors (Lipinski definition) is 1. The van der Waals surface area contributed by atoms with Gasteiger partial charge in [0.1, 0.15) is 19.3 Å². The van der Waals surface area contributed by atoms with Gasteiger partial charge in [0.15, 0.2) is 11.5 Å². The SMILES string of the molecule is CC(C)C[C@H](NC(=O)[C@H](C)N(c1ccc2c(c1)OCCO2)S(C)(=O)=O)c1ccccc1. The van der Waals surface area contributed by atoms with Crippen molar-refractivity contribution in [1.29, 1.82) is 0 Å². The summed E-state index contributed by atoms with van der Waals surface area (Å²) in [4.78, 5) is 13.2. The van der Waals surface area contributed by atoms with Crippen LogP contribution in [0.5, 0.6) is 11.5 Å². The molecule has 0 saturated heterocycles. The van der Waals surface area contributed by atoms with Crippen LogP contribution in [0.15, 0.2) is 48.5 Å². The lowest BCUT2D eigenvalue weighted by atomic mass is 9.96. The number of carbonyl (C=O) groups is 1. The van der Waals surface area contributed by atoms with Gasteiger partial charge in [-0.3, -0.25) is 9.10 Å². The highest BCUT2D eigenvalue weighted by Gasteiger charge is 2.31. The van der Waals surface area contributed by atoms with Crippen LogP contribution in [0.2, 0.25) is 0 Å². The van der Waals surface area contributed by atoms with Gasteiger partial charge in [-0.25, -0.2) is 8.42 Å². The van der Waals surface area contributed by atoms with Crippen LogP contribution < -0.4 is 19.1 Å². The average molecular weight is 447 g/mol. The molecule has 3 rings (SSSR count). The second-order valence-corrected chi connectivity index (χ2v) is 10.0. The fraction of sp³-hybridized carbons (Fsp3) is 0.435. The summed E-state index contributed by atoms with van der Waals surface area (Å²) in [6.07, 6.45) is 1.84. The highest BCUT2D eigenvalue weighted by Crippen LogP contribution is 2.35. The third-order valence-electron chi connectivity index (χ3n) is 5.09. The molecule has 7 nitrogen and oxygen atoms in total. The summed E-state index contributed by atoms with van der Waals surface area (Å²) in [6, 6.07) is 13.4. The van der Waals surface area contributed by atoms with Gasteiger partial charge in [-0.1, -0.05) is 44.2 Å². The van der Waals surface area contributed by atoms with Gasteiger partial charge in [0, 0.05) is 6.07 Å². The number of anilines is 1. The second kappa shape index (κ2) is 9.60. The summed E-state index contributed by atoms with van der Waals surface area (Å²) in [5.41, 5.74) is 1.34. The number of nitrogens with zero attached hydrogens (tertiary/aromatic N) is 1. The van der Waals surface area contributed by atoms with E-state index in [9.17, 15) is 13.2 Å². The lowest BCUT2D eigenvalue weighted by molar-refractivity contribution is -0.122. The van der Waals surface area contributed by atoms with Crippen LogP contribution in [0.3, 0.4) is 0 Å². The number of rotatable bonds is 8. The maximum atomic E-state index is 13.2. The number of hydrogen-bond acceptors (Lipinski definition) is 5. The summed E-state index contributed by atoms with van der Waals surface area (Å²) >= 11 is 0. The molecule has 31 heavy (non-hydrogen) atoms. The number of benzene rings is 2. The number of carbonyl (C=O) groups excluding carboxylic acids is 1. The van der Waals surface area contributed by atoms with Crippen molar-refractivity contribution in [2.75, 3.05) is 23.8 Å². The molecule has 8 heteroatoms. The number of sulfonamides is 1. The van der Waals surface area contributed by atoms with Gasteiger partial charge in [-0.05, 0) is 37.0 Å². The van der Waals surface area contributed by atoms with Crippen molar-refractivity contribution in [3.8, 4) is 11.5 Å². The van der Waals surface area contributed by atoms with Crippen molar-refractivity contribution in [3.63, 3.8) is 0 Å². The van der Waals surface area contributed by atoms with E-state index < -0.39 is 16.1 Å². The minimum atomic E-state index is -3.74. The van der Waals surface area contributed by atoms with Crippen LogP contribution in [0.4, 0.5) is 5.69 Å². The molecule has 2 aromatic rings. The zero-order valence-corrected chi connectivity index (χ0v) is 19.2. The first-order chi connectivity index (χ1) is 14.7. The normalized spacial score (nSPS) is 15.3. The Labute approximate surface area is 184 Å². The maximum absolute atomic E-state index is 13.2. The van der Waals surface area contributed by atoms with E-state index in [2.05, 4.69) is 19.2 Å². The molecular weight excluding hydrogens is 416 g/mol. The zero-order chi connectivity index (χ0) is 22.6. The molecule has 0 saturated carbocycles. The Balaban J connectivity index is 1.87. The Morgan fingerprint density at radius 2 is 1.68 bits per heavy atom. The standard InChI is InChI=1S/C23H30N2O5S/c1-16(2)14-20(18-8-6-5-7-9-18)24-23(26)17(3)25(31(4,27)28)19-10-11-21-22(15-19)30-13-12-29-21/h5-11,15-17,20H,12-14H2,1-4H3,(H,24,26)/t17-,20-/m0/s1. The second-order valence-electron chi connectivity index (χ2n) is 8.16. The lowest BCUT2D eigenvalue weighted by Crippen LogP contribution is -2.48. The predicted octanol–water partition coefficient (Wildman–Crippen LogP) is 3.52. The van der Waals surface area contributed by atoms with E-state index in [-0.39, 0.29) is 11.9 Å². The Morgan fingerprint density at radius 1 is 1.03 bits per heavy atom. The Bertz CT molecular complexity index is 1010. The molecule has 0 radical (unpaired) electrons. The predicted molar refractivity (Wildman–Crippen MR) is 121 cm³/mol. The average Bonchev–Trinajstić information content (AvgIpc) is 2.72. The molecule has 168 valence electrons. The Kier molecular flexibility index (Phi) is 7.10. The Hall–Kier alpha value is -2.74. The van der Waals surface area contributed by atoms with Crippen molar-refractivity contribution >= 4 is 21.6 Å². The smallest absolute Gasteiger partial charge is 0.244 e. The van der Waals surface area contributed by atoms with Crippen LogP contribution in [0.25, 0.3) is 0 Å². The van der Waals surface area contributed by atoms with Crippen molar-refractivity contribution in [2.45, 2.75) is 39.3 Å². The molecule has 1 heterocycles. The van der Waals surface area contributed by atoms with Gasteiger partial charge in [-0.2, -0.15) is 0 Å². The van der Waals surface area contributed by atoms with Crippen molar-refractivity contribution in [2.24, 2.45) is 5.92 Å². The summed E-state index contributed by atoms with van der Waals surface area (Å²) in [7, 11) is -3.74. The zero-order valence-electron chi connectivity index (χ0n) is 18.4. The van der Waals surface area contributed by atoms with Crippen LogP contribution in [0, 0.1) is 5.92 Å². The molecule has 0 aromatic heterocycles. The van der Waals surface area contributed by atoms with Crippen LogP contribution in [-0.4, -0.2) is 39.8 Å². The van der Waals surface area contributed by atoms with E-state index in [4.69, 9.17) is 9.47 Å². The fourth-order valence-corrected chi connectivity index (χ4v) is 4.87. The van der Waals surface area contributed by atoms with Gasteiger partial charge in [-0.15, -0.1) is 0 Å². The van der Waals surface area contributed by atoms with Gasteiger partial charge < -0.3 is 14.8 Å². The van der Waals surface area contributed by atoms with Gasteiger partial charge >= 0.3 is 0 Å². The van der Waals surface area contributed by atoms with Gasteiger partial charge in [0.2, 0.25) is 15.9 Å². The molecule has 0 unspecified atom stereocenters. The quantitative estimate of drug-likeness (QED) is 0.671. The van der Waals surface area contributed by atoms with Crippen LogP contribution in [0.1, 0.15) is 38.8 Å². The maximum Gasteiger partial charge on any atom is 0.244 e. The molecule has 2 aromatic carbocycles. The molecule has 1 aliphatic rings. The van der Waals surface area contributed by atoms with Gasteiger partial charge in [0.25, 0.3) is 0 Å². The molecule has 0 bridgehead atoms. The number of ether oxygens (including phenoxy) is 2.